The molecule has 1 saturated heterocycles. The maximum atomic E-state index is 12.9. The zero-order valence-electron chi connectivity index (χ0n) is 13.0. The van der Waals surface area contributed by atoms with E-state index >= 15 is 0 Å². The van der Waals surface area contributed by atoms with E-state index in [2.05, 4.69) is 13.8 Å². The first-order chi connectivity index (χ1) is 9.91. The molecule has 0 aliphatic carbocycles. The van der Waals surface area contributed by atoms with Crippen molar-refractivity contribution in [3.8, 4) is 11.5 Å². The second kappa shape index (κ2) is 6.23. The SMILES string of the molecule is COc1ccc(S(=O)(=O)N2CCCC2C(C)C)c(OC)c1. The third-order valence-corrected chi connectivity index (χ3v) is 5.94. The monoisotopic (exact) mass is 313 g/mol. The smallest absolute Gasteiger partial charge is 0.247 e. The van der Waals surface area contributed by atoms with Gasteiger partial charge in [0, 0.05) is 18.7 Å². The molecule has 1 aliphatic rings. The highest BCUT2D eigenvalue weighted by molar-refractivity contribution is 7.89. The van der Waals surface area contributed by atoms with E-state index in [-0.39, 0.29) is 10.9 Å². The predicted molar refractivity (Wildman–Crippen MR) is 81.3 cm³/mol. The molecule has 0 radical (unpaired) electrons. The lowest BCUT2D eigenvalue weighted by atomic mass is 10.0. The molecule has 0 amide bonds. The first kappa shape index (κ1) is 16.1. The number of benzene rings is 1. The molecular formula is C15H23NO4S. The van der Waals surface area contributed by atoms with Crippen LogP contribution < -0.4 is 9.47 Å². The maximum Gasteiger partial charge on any atom is 0.247 e. The molecule has 1 fully saturated rings. The van der Waals surface area contributed by atoms with Gasteiger partial charge < -0.3 is 9.47 Å². The fraction of sp³-hybridized carbons (Fsp3) is 0.600. The summed E-state index contributed by atoms with van der Waals surface area (Å²) in [6, 6.07) is 4.87. The second-order valence-corrected chi connectivity index (χ2v) is 7.45. The first-order valence-electron chi connectivity index (χ1n) is 7.15. The van der Waals surface area contributed by atoms with E-state index in [4.69, 9.17) is 9.47 Å². The number of ether oxygens (including phenoxy) is 2. The van der Waals surface area contributed by atoms with E-state index in [1.807, 2.05) is 0 Å². The van der Waals surface area contributed by atoms with Gasteiger partial charge in [0.2, 0.25) is 10.0 Å². The molecule has 1 atom stereocenters. The summed E-state index contributed by atoms with van der Waals surface area (Å²) in [5.74, 6) is 1.20. The van der Waals surface area contributed by atoms with Crippen LogP contribution in [-0.2, 0) is 10.0 Å². The van der Waals surface area contributed by atoms with Crippen LogP contribution in [0.25, 0.3) is 0 Å². The summed E-state index contributed by atoms with van der Waals surface area (Å²) < 4.78 is 37.8. The maximum absolute atomic E-state index is 12.9. The van der Waals surface area contributed by atoms with Gasteiger partial charge in [0.25, 0.3) is 0 Å². The molecule has 1 heterocycles. The van der Waals surface area contributed by atoms with Crippen molar-refractivity contribution in [2.45, 2.75) is 37.6 Å². The fourth-order valence-corrected chi connectivity index (χ4v) is 4.81. The van der Waals surface area contributed by atoms with Crippen LogP contribution in [0.3, 0.4) is 0 Å². The Balaban J connectivity index is 2.44. The average Bonchev–Trinajstić information content (AvgIpc) is 2.96. The third-order valence-electron chi connectivity index (χ3n) is 3.98. The van der Waals surface area contributed by atoms with Gasteiger partial charge in [-0.25, -0.2) is 8.42 Å². The molecule has 0 spiro atoms. The highest BCUT2D eigenvalue weighted by atomic mass is 32.2. The van der Waals surface area contributed by atoms with Gasteiger partial charge in [0.05, 0.1) is 14.2 Å². The van der Waals surface area contributed by atoms with Gasteiger partial charge in [-0.05, 0) is 30.9 Å². The van der Waals surface area contributed by atoms with E-state index in [9.17, 15) is 8.42 Å². The molecule has 0 saturated carbocycles. The number of hydrogen-bond acceptors (Lipinski definition) is 4. The van der Waals surface area contributed by atoms with Crippen molar-refractivity contribution in [3.63, 3.8) is 0 Å². The highest BCUT2D eigenvalue weighted by Crippen LogP contribution is 2.35. The Bertz CT molecular complexity index is 598. The van der Waals surface area contributed by atoms with Gasteiger partial charge in [-0.1, -0.05) is 13.8 Å². The standard InChI is InChI=1S/C15H23NO4S/c1-11(2)13-6-5-9-16(13)21(17,18)15-8-7-12(19-3)10-14(15)20-4/h7-8,10-11,13H,5-6,9H2,1-4H3. The van der Waals surface area contributed by atoms with Gasteiger partial charge in [0.15, 0.2) is 0 Å². The first-order valence-corrected chi connectivity index (χ1v) is 8.59. The van der Waals surface area contributed by atoms with Crippen LogP contribution in [-0.4, -0.2) is 39.5 Å². The molecular weight excluding hydrogens is 290 g/mol. The van der Waals surface area contributed by atoms with Gasteiger partial charge in [0.1, 0.15) is 16.4 Å². The van der Waals surface area contributed by atoms with E-state index < -0.39 is 10.0 Å². The molecule has 0 bridgehead atoms. The summed E-state index contributed by atoms with van der Waals surface area (Å²) >= 11 is 0. The largest absolute Gasteiger partial charge is 0.497 e. The average molecular weight is 313 g/mol. The minimum absolute atomic E-state index is 0.0572. The van der Waals surface area contributed by atoms with E-state index in [1.165, 1.54) is 14.2 Å². The van der Waals surface area contributed by atoms with Crippen LogP contribution in [0, 0.1) is 5.92 Å². The lowest BCUT2D eigenvalue weighted by Crippen LogP contribution is -2.38. The number of nitrogens with zero attached hydrogens (tertiary/aromatic N) is 1. The quantitative estimate of drug-likeness (QED) is 0.838. The molecule has 1 aromatic rings. The van der Waals surface area contributed by atoms with Crippen molar-refractivity contribution >= 4 is 10.0 Å². The Morgan fingerprint density at radius 2 is 1.95 bits per heavy atom. The van der Waals surface area contributed by atoms with Gasteiger partial charge >= 0.3 is 0 Å². The molecule has 5 nitrogen and oxygen atoms in total. The predicted octanol–water partition coefficient (Wildman–Crippen LogP) is 2.51. The Morgan fingerprint density at radius 3 is 2.52 bits per heavy atom. The molecule has 6 heteroatoms. The van der Waals surface area contributed by atoms with Crippen LogP contribution in [0.1, 0.15) is 26.7 Å². The second-order valence-electron chi connectivity index (χ2n) is 5.59. The van der Waals surface area contributed by atoms with Crippen LogP contribution in [0.2, 0.25) is 0 Å². The summed E-state index contributed by atoms with van der Waals surface area (Å²) in [5.41, 5.74) is 0. The minimum atomic E-state index is -3.55. The van der Waals surface area contributed by atoms with Crippen molar-refractivity contribution < 1.29 is 17.9 Å². The number of methoxy groups -OCH3 is 2. The van der Waals surface area contributed by atoms with E-state index in [0.29, 0.717) is 24.0 Å². The lowest BCUT2D eigenvalue weighted by Gasteiger charge is -2.27. The van der Waals surface area contributed by atoms with Crippen molar-refractivity contribution in [1.82, 2.24) is 4.31 Å². The van der Waals surface area contributed by atoms with Crippen LogP contribution in [0.15, 0.2) is 23.1 Å². The number of hydrogen-bond donors (Lipinski definition) is 0. The summed E-state index contributed by atoms with van der Waals surface area (Å²) in [6.45, 7) is 4.69. The molecule has 21 heavy (non-hydrogen) atoms. The zero-order valence-corrected chi connectivity index (χ0v) is 13.8. The number of sulfonamides is 1. The van der Waals surface area contributed by atoms with E-state index in [0.717, 1.165) is 12.8 Å². The topological polar surface area (TPSA) is 55.8 Å². The normalized spacial score (nSPS) is 20.0. The van der Waals surface area contributed by atoms with E-state index in [1.54, 1.807) is 22.5 Å². The Hall–Kier alpha value is -1.27. The molecule has 0 aromatic heterocycles. The minimum Gasteiger partial charge on any atom is -0.497 e. The van der Waals surface area contributed by atoms with Gasteiger partial charge in [-0.2, -0.15) is 4.31 Å². The van der Waals surface area contributed by atoms with Gasteiger partial charge in [-0.15, -0.1) is 0 Å². The Kier molecular flexibility index (Phi) is 4.78. The highest BCUT2D eigenvalue weighted by Gasteiger charge is 2.38. The molecule has 1 unspecified atom stereocenters. The number of rotatable bonds is 5. The molecule has 1 aliphatic heterocycles. The molecule has 1 aromatic carbocycles. The van der Waals surface area contributed by atoms with Crippen LogP contribution in [0.5, 0.6) is 11.5 Å². The Morgan fingerprint density at radius 1 is 1.24 bits per heavy atom. The van der Waals surface area contributed by atoms with Crippen molar-refractivity contribution in [2.24, 2.45) is 5.92 Å². The molecule has 0 N–H and O–H groups in total. The summed E-state index contributed by atoms with van der Waals surface area (Å²) in [6.07, 6.45) is 1.82. The Labute approximate surface area is 126 Å². The van der Waals surface area contributed by atoms with Gasteiger partial charge in [-0.3, -0.25) is 0 Å². The van der Waals surface area contributed by atoms with Crippen LogP contribution >= 0.6 is 0 Å². The summed E-state index contributed by atoms with van der Waals surface area (Å²) in [5, 5.41) is 0. The van der Waals surface area contributed by atoms with Crippen molar-refractivity contribution in [1.29, 1.82) is 0 Å². The van der Waals surface area contributed by atoms with Crippen molar-refractivity contribution in [3.05, 3.63) is 18.2 Å². The zero-order chi connectivity index (χ0) is 15.6. The molecule has 118 valence electrons. The molecule has 2 rings (SSSR count). The summed E-state index contributed by atoms with van der Waals surface area (Å²) in [4.78, 5) is 0.207. The lowest BCUT2D eigenvalue weighted by molar-refractivity contribution is 0.313. The third kappa shape index (κ3) is 3.01. The summed E-state index contributed by atoms with van der Waals surface area (Å²) in [7, 11) is -0.538. The van der Waals surface area contributed by atoms with Crippen LogP contribution in [0.4, 0.5) is 0 Å². The van der Waals surface area contributed by atoms with Crippen molar-refractivity contribution in [2.75, 3.05) is 20.8 Å². The fourth-order valence-electron chi connectivity index (χ4n) is 2.84.